The highest BCUT2D eigenvalue weighted by Gasteiger charge is 2.51. The summed E-state index contributed by atoms with van der Waals surface area (Å²) < 4.78 is 12.1. The van der Waals surface area contributed by atoms with Crippen LogP contribution in [0.15, 0.2) is 30.3 Å². The minimum absolute atomic E-state index is 0.0830. The van der Waals surface area contributed by atoms with E-state index in [4.69, 9.17) is 9.47 Å². The van der Waals surface area contributed by atoms with Crippen LogP contribution in [0.2, 0.25) is 0 Å². The van der Waals surface area contributed by atoms with Crippen molar-refractivity contribution in [2.75, 3.05) is 26.4 Å². The van der Waals surface area contributed by atoms with Gasteiger partial charge in [-0.15, -0.1) is 0 Å². The molecule has 1 N–H and O–H groups in total. The molecule has 0 bridgehead atoms. The Morgan fingerprint density at radius 1 is 1.13 bits per heavy atom. The van der Waals surface area contributed by atoms with E-state index in [-0.39, 0.29) is 36.5 Å². The summed E-state index contributed by atoms with van der Waals surface area (Å²) in [6.45, 7) is 1.79. The maximum atomic E-state index is 13.0. The van der Waals surface area contributed by atoms with Gasteiger partial charge in [0.25, 0.3) is 0 Å². The summed E-state index contributed by atoms with van der Waals surface area (Å²) in [7, 11) is 0. The molecular formula is C25H34N2O4. The van der Waals surface area contributed by atoms with E-state index in [9.17, 15) is 9.59 Å². The van der Waals surface area contributed by atoms with Gasteiger partial charge < -0.3 is 19.7 Å². The Balaban J connectivity index is 1.24. The summed E-state index contributed by atoms with van der Waals surface area (Å²) in [6.07, 6.45) is 8.27. The van der Waals surface area contributed by atoms with Crippen LogP contribution in [0.25, 0.3) is 0 Å². The van der Waals surface area contributed by atoms with E-state index in [2.05, 4.69) is 35.6 Å². The maximum Gasteiger partial charge on any atom is 0.246 e. The third-order valence-electron chi connectivity index (χ3n) is 7.66. The Hall–Kier alpha value is -1.92. The largest absolute Gasteiger partial charge is 0.376 e. The van der Waals surface area contributed by atoms with Gasteiger partial charge >= 0.3 is 0 Å². The third kappa shape index (κ3) is 4.51. The third-order valence-corrected chi connectivity index (χ3v) is 7.66. The highest BCUT2D eigenvalue weighted by molar-refractivity contribution is 5.82. The second-order valence-corrected chi connectivity index (χ2v) is 9.84. The predicted octanol–water partition coefficient (Wildman–Crippen LogP) is 3.02. The van der Waals surface area contributed by atoms with Crippen LogP contribution in [0.3, 0.4) is 0 Å². The predicted molar refractivity (Wildman–Crippen MR) is 117 cm³/mol. The van der Waals surface area contributed by atoms with Crippen LogP contribution >= 0.6 is 0 Å². The summed E-state index contributed by atoms with van der Waals surface area (Å²) in [4.78, 5) is 27.3. The van der Waals surface area contributed by atoms with E-state index in [0.29, 0.717) is 19.1 Å². The molecule has 0 aromatic heterocycles. The molecule has 2 heterocycles. The molecule has 0 unspecified atom stereocenters. The molecule has 1 aromatic rings. The molecule has 1 aromatic carbocycles. The molecular weight excluding hydrogens is 392 g/mol. The molecule has 2 aliphatic heterocycles. The number of piperidine rings is 1. The molecule has 2 saturated carbocycles. The van der Waals surface area contributed by atoms with Gasteiger partial charge in [0.2, 0.25) is 11.8 Å². The number of carbonyl (C=O) groups excluding carboxylic acids is 2. The highest BCUT2D eigenvalue weighted by Crippen LogP contribution is 2.38. The number of hydrogen-bond acceptors (Lipinski definition) is 4. The summed E-state index contributed by atoms with van der Waals surface area (Å²) in [5, 5.41) is 3.20. The van der Waals surface area contributed by atoms with Crippen molar-refractivity contribution in [1.82, 2.24) is 10.2 Å². The summed E-state index contributed by atoms with van der Waals surface area (Å²) >= 11 is 0. The standard InChI is InChI=1S/C25H34N2O4/c28-23-16-30-17-25(26-23)13-4-14-27(24(29)20-7-8-20)22(25)15-31-21-11-9-19(10-12-21)18-5-2-1-3-6-18/h1-3,5-6,19-22H,4,7-17H2,(H,26,28)/t19-,21+,22-,25+/m1/s1. The average Bonchev–Trinajstić information content (AvgIpc) is 3.64. The van der Waals surface area contributed by atoms with Crippen LogP contribution < -0.4 is 5.32 Å². The molecule has 168 valence electrons. The van der Waals surface area contributed by atoms with Crippen LogP contribution in [0.5, 0.6) is 0 Å². The second kappa shape index (κ2) is 8.91. The lowest BCUT2D eigenvalue weighted by atomic mass is 9.80. The first-order valence-electron chi connectivity index (χ1n) is 12.0. The van der Waals surface area contributed by atoms with Crippen molar-refractivity contribution in [3.63, 3.8) is 0 Å². The van der Waals surface area contributed by atoms with Crippen molar-refractivity contribution in [2.24, 2.45) is 5.92 Å². The Labute approximate surface area is 184 Å². The van der Waals surface area contributed by atoms with Crippen LogP contribution in [-0.2, 0) is 19.1 Å². The fourth-order valence-corrected chi connectivity index (χ4v) is 5.77. The quantitative estimate of drug-likeness (QED) is 0.786. The molecule has 2 amide bonds. The van der Waals surface area contributed by atoms with Crippen molar-refractivity contribution < 1.29 is 19.1 Å². The van der Waals surface area contributed by atoms with Gasteiger partial charge in [-0.2, -0.15) is 0 Å². The maximum absolute atomic E-state index is 13.0. The molecule has 6 nitrogen and oxygen atoms in total. The van der Waals surface area contributed by atoms with Crippen molar-refractivity contribution in [3.05, 3.63) is 35.9 Å². The molecule has 31 heavy (non-hydrogen) atoms. The zero-order valence-corrected chi connectivity index (χ0v) is 18.3. The molecule has 2 aliphatic carbocycles. The molecule has 1 spiro atoms. The topological polar surface area (TPSA) is 67.9 Å². The first-order chi connectivity index (χ1) is 15.1. The minimum atomic E-state index is -0.515. The number of nitrogens with zero attached hydrogens (tertiary/aromatic N) is 1. The van der Waals surface area contributed by atoms with Gasteiger partial charge in [-0.25, -0.2) is 0 Å². The van der Waals surface area contributed by atoms with Crippen LogP contribution in [0.1, 0.15) is 62.8 Å². The van der Waals surface area contributed by atoms with E-state index in [1.54, 1.807) is 0 Å². The first kappa shape index (κ1) is 21.0. The van der Waals surface area contributed by atoms with E-state index in [0.717, 1.165) is 57.9 Å². The fraction of sp³-hybridized carbons (Fsp3) is 0.680. The number of likely N-dealkylation sites (tertiary alicyclic amines) is 1. The van der Waals surface area contributed by atoms with Crippen LogP contribution in [0, 0.1) is 5.92 Å². The Morgan fingerprint density at radius 2 is 1.90 bits per heavy atom. The molecule has 2 atom stereocenters. The lowest BCUT2D eigenvalue weighted by Crippen LogP contribution is -2.72. The van der Waals surface area contributed by atoms with Gasteiger partial charge in [0.15, 0.2) is 0 Å². The van der Waals surface area contributed by atoms with Crippen molar-refractivity contribution in [2.45, 2.75) is 75.0 Å². The normalized spacial score (nSPS) is 33.9. The number of rotatable bonds is 5. The summed E-state index contributed by atoms with van der Waals surface area (Å²) in [5.74, 6) is 0.931. The smallest absolute Gasteiger partial charge is 0.246 e. The highest BCUT2D eigenvalue weighted by atomic mass is 16.5. The zero-order chi connectivity index (χ0) is 21.3. The molecule has 6 heteroatoms. The first-order valence-corrected chi connectivity index (χ1v) is 12.0. The monoisotopic (exact) mass is 426 g/mol. The Morgan fingerprint density at radius 3 is 2.61 bits per heavy atom. The number of carbonyl (C=O) groups is 2. The van der Waals surface area contributed by atoms with Gasteiger partial charge in [0.05, 0.1) is 30.9 Å². The molecule has 0 radical (unpaired) electrons. The van der Waals surface area contributed by atoms with E-state index in [1.807, 2.05) is 4.90 Å². The lowest BCUT2D eigenvalue weighted by molar-refractivity contribution is -0.156. The van der Waals surface area contributed by atoms with E-state index in [1.165, 1.54) is 5.56 Å². The number of nitrogens with one attached hydrogen (secondary N) is 1. The van der Waals surface area contributed by atoms with Gasteiger partial charge in [-0.1, -0.05) is 30.3 Å². The average molecular weight is 427 g/mol. The molecule has 4 aliphatic rings. The van der Waals surface area contributed by atoms with Crippen molar-refractivity contribution >= 4 is 11.8 Å². The number of morpholine rings is 1. The van der Waals surface area contributed by atoms with Gasteiger partial charge in [-0.3, -0.25) is 9.59 Å². The zero-order valence-electron chi connectivity index (χ0n) is 18.3. The van der Waals surface area contributed by atoms with Crippen LogP contribution in [0.4, 0.5) is 0 Å². The van der Waals surface area contributed by atoms with E-state index >= 15 is 0 Å². The SMILES string of the molecule is O=C1COC[C@]2(CCCN(C(=O)C3CC3)[C@@H]2CO[C@H]2CC[C@@H](c3ccccc3)CC2)N1. The minimum Gasteiger partial charge on any atom is -0.376 e. The Bertz CT molecular complexity index is 784. The van der Waals surface area contributed by atoms with Crippen molar-refractivity contribution in [3.8, 4) is 0 Å². The van der Waals surface area contributed by atoms with Gasteiger partial charge in [0.1, 0.15) is 6.61 Å². The molecule has 5 rings (SSSR count). The summed E-state index contributed by atoms with van der Waals surface area (Å²) in [5.41, 5.74) is 0.912. The van der Waals surface area contributed by atoms with E-state index < -0.39 is 5.54 Å². The van der Waals surface area contributed by atoms with Gasteiger partial charge in [-0.05, 0) is 62.8 Å². The van der Waals surface area contributed by atoms with Crippen molar-refractivity contribution in [1.29, 1.82) is 0 Å². The molecule has 4 fully saturated rings. The van der Waals surface area contributed by atoms with Gasteiger partial charge in [0, 0.05) is 12.5 Å². The Kier molecular flexibility index (Phi) is 6.02. The fourth-order valence-electron chi connectivity index (χ4n) is 5.77. The number of amides is 2. The number of ether oxygens (including phenoxy) is 2. The number of benzene rings is 1. The second-order valence-electron chi connectivity index (χ2n) is 9.84. The van der Waals surface area contributed by atoms with Crippen LogP contribution in [-0.4, -0.2) is 60.8 Å². The lowest BCUT2D eigenvalue weighted by Gasteiger charge is -2.51. The molecule has 2 saturated heterocycles. The number of hydrogen-bond donors (Lipinski definition) is 1. The summed E-state index contributed by atoms with van der Waals surface area (Å²) in [6, 6.07) is 10.6.